The molecule has 2 fully saturated rings. The van der Waals surface area contributed by atoms with Crippen molar-refractivity contribution < 1.29 is 19.3 Å². The molecule has 1 aromatic carbocycles. The fourth-order valence-corrected chi connectivity index (χ4v) is 4.92. The van der Waals surface area contributed by atoms with Crippen LogP contribution in [0.5, 0.6) is 0 Å². The number of aliphatic hydroxyl groups is 1. The smallest absolute Gasteiger partial charge is 0.152 e. The topological polar surface area (TPSA) is 47.9 Å². The van der Waals surface area contributed by atoms with Crippen LogP contribution < -0.4 is 0 Å². The van der Waals surface area contributed by atoms with Crippen molar-refractivity contribution in [3.63, 3.8) is 0 Å². The van der Waals surface area contributed by atoms with Crippen molar-refractivity contribution >= 4 is 0 Å². The van der Waals surface area contributed by atoms with Gasteiger partial charge in [-0.1, -0.05) is 44.0 Å². The molecule has 3 rings (SSSR count). The van der Waals surface area contributed by atoms with Crippen LogP contribution in [0.15, 0.2) is 24.3 Å². The zero-order valence-electron chi connectivity index (χ0n) is 16.8. The SMILES string of the molecule is CC1CCC(C2CCC(c3ccc(COCOCOCO)cc3)CC2)CC1. The van der Waals surface area contributed by atoms with Gasteiger partial charge in [-0.2, -0.15) is 0 Å². The molecule has 0 saturated heterocycles. The molecule has 0 aliphatic heterocycles. The molecule has 0 aromatic heterocycles. The van der Waals surface area contributed by atoms with Crippen LogP contribution in [0.2, 0.25) is 0 Å². The van der Waals surface area contributed by atoms with Gasteiger partial charge >= 0.3 is 0 Å². The quantitative estimate of drug-likeness (QED) is 0.475. The average Bonchev–Trinajstić information content (AvgIpc) is 2.72. The van der Waals surface area contributed by atoms with Crippen LogP contribution in [0.4, 0.5) is 0 Å². The van der Waals surface area contributed by atoms with Crippen molar-refractivity contribution in [1.29, 1.82) is 0 Å². The number of hydrogen-bond donors (Lipinski definition) is 1. The average molecular weight is 377 g/mol. The molecule has 0 atom stereocenters. The van der Waals surface area contributed by atoms with E-state index in [-0.39, 0.29) is 20.4 Å². The highest BCUT2D eigenvalue weighted by Gasteiger charge is 2.30. The third-order valence-corrected chi connectivity index (χ3v) is 6.64. The summed E-state index contributed by atoms with van der Waals surface area (Å²) >= 11 is 0. The summed E-state index contributed by atoms with van der Waals surface area (Å²) in [5, 5.41) is 8.48. The van der Waals surface area contributed by atoms with E-state index in [0.29, 0.717) is 6.61 Å². The van der Waals surface area contributed by atoms with E-state index in [0.717, 1.165) is 29.2 Å². The van der Waals surface area contributed by atoms with Crippen LogP contribution in [0.1, 0.15) is 75.3 Å². The van der Waals surface area contributed by atoms with Gasteiger partial charge in [0.1, 0.15) is 13.6 Å². The first kappa shape index (κ1) is 20.8. The number of ether oxygens (including phenoxy) is 3. The molecule has 2 aliphatic carbocycles. The second-order valence-electron chi connectivity index (χ2n) is 8.49. The summed E-state index contributed by atoms with van der Waals surface area (Å²) in [5.74, 6) is 3.68. The van der Waals surface area contributed by atoms with E-state index in [1.54, 1.807) is 0 Å². The fraction of sp³-hybridized carbons (Fsp3) is 0.739. The van der Waals surface area contributed by atoms with Gasteiger partial charge < -0.3 is 19.3 Å². The number of rotatable bonds is 9. The number of hydrogen-bond acceptors (Lipinski definition) is 4. The summed E-state index contributed by atoms with van der Waals surface area (Å²) in [5.41, 5.74) is 2.65. The Bertz CT molecular complexity index is 514. The first-order chi connectivity index (χ1) is 13.3. The largest absolute Gasteiger partial charge is 0.371 e. The Morgan fingerprint density at radius 1 is 0.778 bits per heavy atom. The molecule has 4 nitrogen and oxygen atoms in total. The first-order valence-corrected chi connectivity index (χ1v) is 10.7. The lowest BCUT2D eigenvalue weighted by Crippen LogP contribution is -2.24. The zero-order chi connectivity index (χ0) is 18.9. The molecule has 0 radical (unpaired) electrons. The summed E-state index contributed by atoms with van der Waals surface area (Å²) in [6.45, 7) is 2.85. The van der Waals surface area contributed by atoms with Crippen LogP contribution >= 0.6 is 0 Å². The summed E-state index contributed by atoms with van der Waals surface area (Å²) < 4.78 is 15.2. The van der Waals surface area contributed by atoms with Gasteiger partial charge in [-0.05, 0) is 73.3 Å². The van der Waals surface area contributed by atoms with Crippen LogP contribution in [-0.4, -0.2) is 25.5 Å². The number of benzene rings is 1. The maximum absolute atomic E-state index is 8.48. The minimum atomic E-state index is -0.330. The minimum absolute atomic E-state index is 0.0536. The molecular formula is C23H36O4. The molecule has 2 saturated carbocycles. The van der Waals surface area contributed by atoms with Crippen molar-refractivity contribution in [2.45, 2.75) is 70.8 Å². The molecule has 0 heterocycles. The van der Waals surface area contributed by atoms with Gasteiger partial charge in [0.25, 0.3) is 0 Å². The number of aliphatic hydroxyl groups excluding tert-OH is 1. The highest BCUT2D eigenvalue weighted by Crippen LogP contribution is 2.43. The molecular weight excluding hydrogens is 340 g/mol. The van der Waals surface area contributed by atoms with Crippen molar-refractivity contribution in [2.75, 3.05) is 20.4 Å². The summed E-state index contributed by atoms with van der Waals surface area (Å²) in [7, 11) is 0. The molecule has 152 valence electrons. The Morgan fingerprint density at radius 2 is 1.37 bits per heavy atom. The first-order valence-electron chi connectivity index (χ1n) is 10.7. The lowest BCUT2D eigenvalue weighted by atomic mass is 9.68. The highest BCUT2D eigenvalue weighted by atomic mass is 16.8. The van der Waals surface area contributed by atoms with Crippen LogP contribution in [0.25, 0.3) is 0 Å². The van der Waals surface area contributed by atoms with Gasteiger partial charge in [0.15, 0.2) is 6.79 Å². The van der Waals surface area contributed by atoms with Crippen LogP contribution in [0, 0.1) is 17.8 Å². The Hall–Kier alpha value is -0.940. The van der Waals surface area contributed by atoms with Crippen LogP contribution in [0.3, 0.4) is 0 Å². The molecule has 0 spiro atoms. The van der Waals surface area contributed by atoms with Gasteiger partial charge in [-0.15, -0.1) is 0 Å². The monoisotopic (exact) mass is 376 g/mol. The van der Waals surface area contributed by atoms with Gasteiger partial charge in [-0.25, -0.2) is 0 Å². The molecule has 0 unspecified atom stereocenters. The van der Waals surface area contributed by atoms with E-state index in [9.17, 15) is 0 Å². The van der Waals surface area contributed by atoms with E-state index in [2.05, 4.69) is 35.9 Å². The molecule has 1 aromatic rings. The highest BCUT2D eigenvalue weighted by molar-refractivity contribution is 5.25. The van der Waals surface area contributed by atoms with Crippen LogP contribution in [-0.2, 0) is 20.8 Å². The lowest BCUT2D eigenvalue weighted by Gasteiger charge is -2.37. The Morgan fingerprint density at radius 3 is 2.00 bits per heavy atom. The predicted octanol–water partition coefficient (Wildman–Crippen LogP) is 5.20. The van der Waals surface area contributed by atoms with Gasteiger partial charge in [0, 0.05) is 0 Å². The molecule has 0 bridgehead atoms. The molecule has 0 amide bonds. The Balaban J connectivity index is 1.37. The van der Waals surface area contributed by atoms with E-state index < -0.39 is 0 Å². The zero-order valence-corrected chi connectivity index (χ0v) is 16.8. The Kier molecular flexibility index (Phi) is 8.59. The van der Waals surface area contributed by atoms with Gasteiger partial charge in [0.05, 0.1) is 6.61 Å². The van der Waals surface area contributed by atoms with E-state index in [1.807, 2.05) is 0 Å². The van der Waals surface area contributed by atoms with E-state index in [1.165, 1.54) is 56.9 Å². The summed E-state index contributed by atoms with van der Waals surface area (Å²) in [6, 6.07) is 8.91. The van der Waals surface area contributed by atoms with Crippen molar-refractivity contribution in [3.05, 3.63) is 35.4 Å². The van der Waals surface area contributed by atoms with Crippen molar-refractivity contribution in [1.82, 2.24) is 0 Å². The standard InChI is InChI=1S/C23H36O4/c1-18-2-6-20(7-3-18)22-10-12-23(13-11-22)21-8-4-19(5-9-21)14-25-16-27-17-26-15-24/h4-5,8-9,18,20,22-24H,2-3,6-7,10-17H2,1H3. The minimum Gasteiger partial charge on any atom is -0.371 e. The van der Waals surface area contributed by atoms with Gasteiger partial charge in [0.2, 0.25) is 0 Å². The van der Waals surface area contributed by atoms with Crippen molar-refractivity contribution in [2.24, 2.45) is 17.8 Å². The van der Waals surface area contributed by atoms with Gasteiger partial charge in [-0.3, -0.25) is 0 Å². The Labute approximate surface area is 164 Å². The second-order valence-corrected chi connectivity index (χ2v) is 8.49. The summed E-state index contributed by atoms with van der Waals surface area (Å²) in [6.07, 6.45) is 11.4. The maximum Gasteiger partial charge on any atom is 0.152 e. The predicted molar refractivity (Wildman–Crippen MR) is 106 cm³/mol. The maximum atomic E-state index is 8.48. The lowest BCUT2D eigenvalue weighted by molar-refractivity contribution is -0.160. The second kappa shape index (κ2) is 11.2. The molecule has 4 heteroatoms. The van der Waals surface area contributed by atoms with E-state index in [4.69, 9.17) is 14.6 Å². The fourth-order valence-electron chi connectivity index (χ4n) is 4.92. The van der Waals surface area contributed by atoms with E-state index >= 15 is 0 Å². The third-order valence-electron chi connectivity index (χ3n) is 6.64. The molecule has 1 N–H and O–H groups in total. The third kappa shape index (κ3) is 6.56. The summed E-state index contributed by atoms with van der Waals surface area (Å²) in [4.78, 5) is 0. The normalized spacial score (nSPS) is 29.0. The molecule has 27 heavy (non-hydrogen) atoms. The molecule has 2 aliphatic rings. The van der Waals surface area contributed by atoms with Crippen molar-refractivity contribution in [3.8, 4) is 0 Å².